The van der Waals surface area contributed by atoms with Gasteiger partial charge in [-0.15, -0.1) is 0 Å². The molecule has 9 heteroatoms. The number of carbonyl (C=O) groups excluding carboxylic acids is 1. The second-order valence-corrected chi connectivity index (χ2v) is 9.03. The van der Waals surface area contributed by atoms with Crippen molar-refractivity contribution >= 4 is 16.1 Å². The van der Waals surface area contributed by atoms with Crippen molar-refractivity contribution in [2.24, 2.45) is 5.92 Å². The molecule has 3 rings (SSSR count). The molecule has 2 saturated heterocycles. The van der Waals surface area contributed by atoms with Crippen molar-refractivity contribution in [1.29, 1.82) is 0 Å². The van der Waals surface area contributed by atoms with Gasteiger partial charge < -0.3 is 9.64 Å². The summed E-state index contributed by atoms with van der Waals surface area (Å²) in [5, 5.41) is 0. The fourth-order valence-corrected chi connectivity index (χ4v) is 5.30. The van der Waals surface area contributed by atoms with Crippen LogP contribution >= 0.6 is 0 Å². The first-order valence-corrected chi connectivity index (χ1v) is 10.6. The number of methoxy groups -OCH3 is 1. The molecule has 1 aromatic carbocycles. The average molecular weight is 399 g/mol. The van der Waals surface area contributed by atoms with Gasteiger partial charge in [0, 0.05) is 39.8 Å². The maximum Gasteiger partial charge on any atom is 0.282 e. The van der Waals surface area contributed by atoms with E-state index < -0.39 is 10.2 Å². The van der Waals surface area contributed by atoms with E-state index in [0.29, 0.717) is 32.8 Å². The van der Waals surface area contributed by atoms with Gasteiger partial charge in [-0.1, -0.05) is 12.1 Å². The van der Waals surface area contributed by atoms with Gasteiger partial charge >= 0.3 is 0 Å². The number of piperidine rings is 1. The zero-order valence-electron chi connectivity index (χ0n) is 15.5. The first-order valence-electron chi connectivity index (χ1n) is 9.16. The molecule has 2 aliphatic rings. The number of nitrogens with zero attached hydrogens (tertiary/aromatic N) is 3. The Morgan fingerprint density at radius 3 is 2.56 bits per heavy atom. The zero-order chi connectivity index (χ0) is 19.4. The Labute approximate surface area is 159 Å². The Balaban J connectivity index is 1.60. The van der Waals surface area contributed by atoms with Crippen LogP contribution in [0.1, 0.15) is 18.4 Å². The van der Waals surface area contributed by atoms with Crippen molar-refractivity contribution in [1.82, 2.24) is 13.5 Å². The molecule has 2 fully saturated rings. The summed E-state index contributed by atoms with van der Waals surface area (Å²) in [5.41, 5.74) is 0.819. The molecule has 27 heavy (non-hydrogen) atoms. The third-order valence-corrected chi connectivity index (χ3v) is 7.06. The summed E-state index contributed by atoms with van der Waals surface area (Å²) < 4.78 is 46.8. The van der Waals surface area contributed by atoms with Gasteiger partial charge in [0.15, 0.2) is 0 Å². The van der Waals surface area contributed by atoms with Crippen LogP contribution in [0, 0.1) is 11.7 Å². The number of ether oxygens (including phenoxy) is 1. The molecular formula is C18H26FN3O4S. The molecule has 7 nitrogen and oxygen atoms in total. The summed E-state index contributed by atoms with van der Waals surface area (Å²) in [7, 11) is -2.04. The standard InChI is InChI=1S/C18H26FN3O4S/c1-26-14-16-3-2-8-21(12-16)27(24,25)22-10-9-20(18(23)13-22)11-15-4-6-17(19)7-5-15/h4-7,16H,2-3,8-14H2,1H3. The molecule has 1 aromatic rings. The second-order valence-electron chi connectivity index (χ2n) is 7.10. The van der Waals surface area contributed by atoms with E-state index >= 15 is 0 Å². The Morgan fingerprint density at radius 1 is 1.15 bits per heavy atom. The first-order chi connectivity index (χ1) is 12.9. The van der Waals surface area contributed by atoms with E-state index in [2.05, 4.69) is 0 Å². The molecule has 0 aliphatic carbocycles. The summed E-state index contributed by atoms with van der Waals surface area (Å²) in [6.07, 6.45) is 1.75. The van der Waals surface area contributed by atoms with Crippen molar-refractivity contribution in [3.8, 4) is 0 Å². The predicted molar refractivity (Wildman–Crippen MR) is 98.5 cm³/mol. The van der Waals surface area contributed by atoms with Gasteiger partial charge in [0.25, 0.3) is 10.2 Å². The van der Waals surface area contributed by atoms with E-state index in [-0.39, 0.29) is 30.7 Å². The lowest BCUT2D eigenvalue weighted by Gasteiger charge is -2.38. The van der Waals surface area contributed by atoms with E-state index in [4.69, 9.17) is 4.74 Å². The molecule has 1 amide bonds. The number of hydrogen-bond donors (Lipinski definition) is 0. The van der Waals surface area contributed by atoms with Crippen molar-refractivity contribution in [3.63, 3.8) is 0 Å². The molecule has 0 bridgehead atoms. The minimum absolute atomic E-state index is 0.158. The lowest BCUT2D eigenvalue weighted by Crippen LogP contribution is -2.56. The maximum atomic E-state index is 13.0. The third kappa shape index (κ3) is 4.84. The summed E-state index contributed by atoms with van der Waals surface area (Å²) in [6.45, 7) is 2.23. The molecule has 2 heterocycles. The van der Waals surface area contributed by atoms with Gasteiger partial charge in [-0.2, -0.15) is 17.0 Å². The second kappa shape index (κ2) is 8.64. The van der Waals surface area contributed by atoms with E-state index in [1.165, 1.54) is 20.7 Å². The highest BCUT2D eigenvalue weighted by molar-refractivity contribution is 7.86. The Hall–Kier alpha value is -1.55. The van der Waals surface area contributed by atoms with Crippen LogP contribution in [0.15, 0.2) is 24.3 Å². The highest BCUT2D eigenvalue weighted by Crippen LogP contribution is 2.23. The number of carbonyl (C=O) groups is 1. The highest BCUT2D eigenvalue weighted by atomic mass is 32.2. The molecule has 1 unspecified atom stereocenters. The van der Waals surface area contributed by atoms with Crippen LogP contribution in [0.5, 0.6) is 0 Å². The molecule has 150 valence electrons. The summed E-state index contributed by atoms with van der Waals surface area (Å²) in [6, 6.07) is 5.98. The van der Waals surface area contributed by atoms with E-state index in [0.717, 1.165) is 18.4 Å². The van der Waals surface area contributed by atoms with Crippen LogP contribution in [-0.4, -0.2) is 74.3 Å². The molecule has 0 aromatic heterocycles. The van der Waals surface area contributed by atoms with Crippen LogP contribution in [0.4, 0.5) is 4.39 Å². The van der Waals surface area contributed by atoms with Crippen molar-refractivity contribution in [2.75, 3.05) is 46.4 Å². The highest BCUT2D eigenvalue weighted by Gasteiger charge is 2.37. The Bertz CT molecular complexity index is 754. The topological polar surface area (TPSA) is 70.2 Å². The number of amides is 1. The maximum absolute atomic E-state index is 13.0. The van der Waals surface area contributed by atoms with Crippen LogP contribution < -0.4 is 0 Å². The van der Waals surface area contributed by atoms with Gasteiger partial charge in [0.1, 0.15) is 5.82 Å². The van der Waals surface area contributed by atoms with E-state index in [1.807, 2.05) is 0 Å². The largest absolute Gasteiger partial charge is 0.384 e. The summed E-state index contributed by atoms with van der Waals surface area (Å²) in [5.74, 6) is -0.372. The molecule has 0 radical (unpaired) electrons. The fourth-order valence-electron chi connectivity index (χ4n) is 3.63. The molecule has 0 spiro atoms. The van der Waals surface area contributed by atoms with Crippen LogP contribution in [0.3, 0.4) is 0 Å². The van der Waals surface area contributed by atoms with Gasteiger partial charge in [-0.05, 0) is 36.5 Å². The van der Waals surface area contributed by atoms with Crippen molar-refractivity contribution in [3.05, 3.63) is 35.6 Å². The minimum Gasteiger partial charge on any atom is -0.384 e. The quantitative estimate of drug-likeness (QED) is 0.718. The van der Waals surface area contributed by atoms with Gasteiger partial charge in [-0.25, -0.2) is 4.39 Å². The van der Waals surface area contributed by atoms with Crippen LogP contribution in [-0.2, 0) is 26.3 Å². The van der Waals surface area contributed by atoms with E-state index in [9.17, 15) is 17.6 Å². The normalized spacial score (nSPS) is 23.0. The monoisotopic (exact) mass is 399 g/mol. The van der Waals surface area contributed by atoms with Gasteiger partial charge in [0.05, 0.1) is 13.2 Å². The molecular weight excluding hydrogens is 373 g/mol. The molecule has 0 saturated carbocycles. The lowest BCUT2D eigenvalue weighted by atomic mass is 10.0. The first kappa shape index (κ1) is 20.2. The summed E-state index contributed by atoms with van der Waals surface area (Å²) in [4.78, 5) is 14.1. The van der Waals surface area contributed by atoms with Crippen molar-refractivity contribution < 1.29 is 22.3 Å². The third-order valence-electron chi connectivity index (χ3n) is 5.11. The number of halogens is 1. The summed E-state index contributed by atoms with van der Waals surface area (Å²) >= 11 is 0. The van der Waals surface area contributed by atoms with Gasteiger partial charge in [-0.3, -0.25) is 4.79 Å². The lowest BCUT2D eigenvalue weighted by molar-refractivity contribution is -0.134. The average Bonchev–Trinajstić information content (AvgIpc) is 2.65. The smallest absolute Gasteiger partial charge is 0.282 e. The number of hydrogen-bond acceptors (Lipinski definition) is 4. The van der Waals surface area contributed by atoms with Crippen LogP contribution in [0.2, 0.25) is 0 Å². The fraction of sp³-hybridized carbons (Fsp3) is 0.611. The number of benzene rings is 1. The number of piperazine rings is 1. The zero-order valence-corrected chi connectivity index (χ0v) is 16.3. The minimum atomic E-state index is -3.66. The van der Waals surface area contributed by atoms with Crippen LogP contribution in [0.25, 0.3) is 0 Å². The molecule has 1 atom stereocenters. The molecule has 2 aliphatic heterocycles. The van der Waals surface area contributed by atoms with E-state index in [1.54, 1.807) is 24.1 Å². The Morgan fingerprint density at radius 2 is 1.89 bits per heavy atom. The van der Waals surface area contributed by atoms with Gasteiger partial charge in [0.2, 0.25) is 5.91 Å². The Kier molecular flexibility index (Phi) is 6.46. The van der Waals surface area contributed by atoms with Crippen molar-refractivity contribution in [2.45, 2.75) is 19.4 Å². The molecule has 0 N–H and O–H groups in total. The SMILES string of the molecule is COCC1CCCN(S(=O)(=O)N2CCN(Cc3ccc(F)cc3)C(=O)C2)C1. The predicted octanol–water partition coefficient (Wildman–Crippen LogP) is 1.07. The number of rotatable bonds is 6.